The van der Waals surface area contributed by atoms with E-state index in [1.54, 1.807) is 4.90 Å². The van der Waals surface area contributed by atoms with Crippen molar-refractivity contribution in [2.24, 2.45) is 0 Å². The van der Waals surface area contributed by atoms with Crippen LogP contribution in [-0.4, -0.2) is 35.7 Å². The van der Waals surface area contributed by atoms with Crippen molar-refractivity contribution in [2.45, 2.75) is 18.9 Å². The molecule has 3 nitrogen and oxygen atoms in total. The van der Waals surface area contributed by atoms with Crippen LogP contribution in [-0.2, 0) is 11.2 Å². The molecule has 1 amide bonds. The Morgan fingerprint density at radius 3 is 2.65 bits per heavy atom. The van der Waals surface area contributed by atoms with Crippen LogP contribution in [0.2, 0.25) is 0 Å². The van der Waals surface area contributed by atoms with Crippen molar-refractivity contribution >= 4 is 23.4 Å². The first-order valence-electron chi connectivity index (χ1n) is 5.77. The van der Waals surface area contributed by atoms with Crippen LogP contribution in [0.4, 0.5) is 5.69 Å². The third-order valence-corrected chi connectivity index (χ3v) is 3.56. The average molecular weight is 251 g/mol. The van der Waals surface area contributed by atoms with Gasteiger partial charge < -0.3 is 10.0 Å². The summed E-state index contributed by atoms with van der Waals surface area (Å²) in [7, 11) is 0. The number of thioether (sulfide) groups is 1. The molecule has 4 heteroatoms. The fourth-order valence-corrected chi connectivity index (χ4v) is 2.44. The van der Waals surface area contributed by atoms with E-state index in [2.05, 4.69) is 18.4 Å². The Hall–Kier alpha value is -1.00. The summed E-state index contributed by atoms with van der Waals surface area (Å²) >= 11 is 1.83. The molecule has 92 valence electrons. The number of benzene rings is 1. The van der Waals surface area contributed by atoms with Gasteiger partial charge in [0.2, 0.25) is 5.91 Å². The van der Waals surface area contributed by atoms with Crippen molar-refractivity contribution in [3.8, 4) is 0 Å². The molecule has 1 saturated heterocycles. The molecule has 1 unspecified atom stereocenters. The van der Waals surface area contributed by atoms with Gasteiger partial charge in [0.25, 0.3) is 0 Å². The second-order valence-corrected chi connectivity index (χ2v) is 5.26. The van der Waals surface area contributed by atoms with E-state index in [1.807, 2.05) is 23.9 Å². The smallest absolute Gasteiger partial charge is 0.229 e. The number of aliphatic hydroxyl groups excluding tert-OH is 1. The van der Waals surface area contributed by atoms with Crippen molar-refractivity contribution < 1.29 is 9.90 Å². The minimum Gasteiger partial charge on any atom is -0.391 e. The summed E-state index contributed by atoms with van der Waals surface area (Å²) in [6.07, 6.45) is 2.88. The molecule has 17 heavy (non-hydrogen) atoms. The molecule has 1 aliphatic heterocycles. The van der Waals surface area contributed by atoms with E-state index in [0.717, 1.165) is 17.9 Å². The first kappa shape index (κ1) is 12.5. The quantitative estimate of drug-likeness (QED) is 0.885. The van der Waals surface area contributed by atoms with E-state index in [0.29, 0.717) is 6.54 Å². The molecule has 1 heterocycles. The highest BCUT2D eigenvalue weighted by molar-refractivity contribution is 7.98. The van der Waals surface area contributed by atoms with E-state index >= 15 is 0 Å². The lowest BCUT2D eigenvalue weighted by atomic mass is 10.1. The zero-order valence-corrected chi connectivity index (χ0v) is 10.7. The van der Waals surface area contributed by atoms with Crippen molar-refractivity contribution in [2.75, 3.05) is 23.5 Å². The van der Waals surface area contributed by atoms with Crippen molar-refractivity contribution in [1.29, 1.82) is 0 Å². The largest absolute Gasteiger partial charge is 0.391 e. The number of aliphatic hydroxyl groups is 1. The molecule has 1 atom stereocenters. The van der Waals surface area contributed by atoms with Gasteiger partial charge in [-0.05, 0) is 36.1 Å². The summed E-state index contributed by atoms with van der Waals surface area (Å²) in [5.41, 5.74) is 2.18. The normalized spacial score (nSPS) is 20.0. The lowest BCUT2D eigenvalue weighted by molar-refractivity contribution is -0.117. The van der Waals surface area contributed by atoms with Gasteiger partial charge in [0, 0.05) is 5.69 Å². The summed E-state index contributed by atoms with van der Waals surface area (Å²) in [5, 5.41) is 9.44. The van der Waals surface area contributed by atoms with Crippen LogP contribution >= 0.6 is 11.8 Å². The Bertz CT molecular complexity index is 391. The zero-order valence-electron chi connectivity index (χ0n) is 9.93. The van der Waals surface area contributed by atoms with Gasteiger partial charge in [0.15, 0.2) is 0 Å². The van der Waals surface area contributed by atoms with Gasteiger partial charge in [-0.25, -0.2) is 0 Å². The number of carbonyl (C=O) groups is 1. The van der Waals surface area contributed by atoms with Gasteiger partial charge in [-0.15, -0.1) is 0 Å². The van der Waals surface area contributed by atoms with Gasteiger partial charge in [0.05, 0.1) is 19.1 Å². The molecule has 0 saturated carbocycles. The molecule has 1 fully saturated rings. The van der Waals surface area contributed by atoms with Crippen molar-refractivity contribution in [3.05, 3.63) is 29.8 Å². The SMILES string of the molecule is CSCCc1ccc(N2CC(O)CC2=O)cc1. The van der Waals surface area contributed by atoms with Crippen LogP contribution < -0.4 is 4.90 Å². The number of rotatable bonds is 4. The van der Waals surface area contributed by atoms with E-state index in [-0.39, 0.29) is 12.3 Å². The van der Waals surface area contributed by atoms with Crippen molar-refractivity contribution in [1.82, 2.24) is 0 Å². The highest BCUT2D eigenvalue weighted by Crippen LogP contribution is 2.22. The molecule has 1 N–H and O–H groups in total. The van der Waals surface area contributed by atoms with E-state index in [9.17, 15) is 9.90 Å². The van der Waals surface area contributed by atoms with Crippen molar-refractivity contribution in [3.63, 3.8) is 0 Å². The minimum atomic E-state index is -0.515. The van der Waals surface area contributed by atoms with Crippen LogP contribution in [0.3, 0.4) is 0 Å². The third-order valence-electron chi connectivity index (χ3n) is 2.95. The van der Waals surface area contributed by atoms with Crippen LogP contribution in [0.1, 0.15) is 12.0 Å². The molecular weight excluding hydrogens is 234 g/mol. The Balaban J connectivity index is 2.05. The fraction of sp³-hybridized carbons (Fsp3) is 0.462. The molecule has 0 aromatic heterocycles. The molecule has 1 aliphatic rings. The molecule has 2 rings (SSSR count). The number of hydrogen-bond acceptors (Lipinski definition) is 3. The van der Waals surface area contributed by atoms with Crippen LogP contribution in [0.15, 0.2) is 24.3 Å². The predicted molar refractivity (Wildman–Crippen MR) is 71.5 cm³/mol. The van der Waals surface area contributed by atoms with Gasteiger partial charge in [-0.3, -0.25) is 4.79 Å². The van der Waals surface area contributed by atoms with E-state index in [1.165, 1.54) is 5.56 Å². The number of amides is 1. The number of aryl methyl sites for hydroxylation is 1. The van der Waals surface area contributed by atoms with Gasteiger partial charge in [-0.1, -0.05) is 12.1 Å². The topological polar surface area (TPSA) is 40.5 Å². The number of nitrogens with zero attached hydrogens (tertiary/aromatic N) is 1. The maximum Gasteiger partial charge on any atom is 0.229 e. The number of carbonyl (C=O) groups excluding carboxylic acids is 1. The Kier molecular flexibility index (Phi) is 4.07. The molecule has 0 spiro atoms. The Labute approximate surface area is 106 Å². The zero-order chi connectivity index (χ0) is 12.3. The number of β-amino-alcohol motifs (C(OH)–C–C–N with tert-alkyl or cyclic N) is 1. The van der Waals surface area contributed by atoms with Crippen LogP contribution in [0, 0.1) is 0 Å². The lowest BCUT2D eigenvalue weighted by Crippen LogP contribution is -2.25. The third kappa shape index (κ3) is 3.01. The monoisotopic (exact) mass is 251 g/mol. The first-order valence-corrected chi connectivity index (χ1v) is 7.16. The Morgan fingerprint density at radius 2 is 2.12 bits per heavy atom. The fourth-order valence-electron chi connectivity index (χ4n) is 2.00. The van der Waals surface area contributed by atoms with Gasteiger partial charge in [-0.2, -0.15) is 11.8 Å². The van der Waals surface area contributed by atoms with E-state index < -0.39 is 6.10 Å². The Morgan fingerprint density at radius 1 is 1.41 bits per heavy atom. The highest BCUT2D eigenvalue weighted by atomic mass is 32.2. The summed E-state index contributed by atoms with van der Waals surface area (Å²) in [6, 6.07) is 8.05. The number of hydrogen-bond donors (Lipinski definition) is 1. The molecule has 1 aromatic carbocycles. The summed E-state index contributed by atoms with van der Waals surface area (Å²) in [5.74, 6) is 1.12. The molecule has 0 aliphatic carbocycles. The van der Waals surface area contributed by atoms with Crippen LogP contribution in [0.25, 0.3) is 0 Å². The second kappa shape index (κ2) is 5.56. The molecule has 1 aromatic rings. The second-order valence-electron chi connectivity index (χ2n) is 4.27. The highest BCUT2D eigenvalue weighted by Gasteiger charge is 2.28. The minimum absolute atomic E-state index is 0.00867. The molecule has 0 bridgehead atoms. The maximum atomic E-state index is 11.6. The van der Waals surface area contributed by atoms with Crippen LogP contribution in [0.5, 0.6) is 0 Å². The predicted octanol–water partition coefficient (Wildman–Crippen LogP) is 1.69. The summed E-state index contributed by atoms with van der Waals surface area (Å²) in [6.45, 7) is 0.420. The maximum absolute atomic E-state index is 11.6. The molecular formula is C13H17NO2S. The standard InChI is InChI=1S/C13H17NO2S/c1-17-7-6-10-2-4-11(5-3-10)14-9-12(15)8-13(14)16/h2-5,12,15H,6-9H2,1H3. The average Bonchev–Trinajstić information content (AvgIpc) is 2.66. The summed E-state index contributed by atoms with van der Waals surface area (Å²) < 4.78 is 0. The van der Waals surface area contributed by atoms with E-state index in [4.69, 9.17) is 0 Å². The summed E-state index contributed by atoms with van der Waals surface area (Å²) in [4.78, 5) is 13.3. The number of anilines is 1. The van der Waals surface area contributed by atoms with Gasteiger partial charge in [0.1, 0.15) is 0 Å². The lowest BCUT2D eigenvalue weighted by Gasteiger charge is -2.16. The first-order chi connectivity index (χ1) is 8.20. The molecule has 0 radical (unpaired) electrons. The van der Waals surface area contributed by atoms with Gasteiger partial charge >= 0.3 is 0 Å².